The van der Waals surface area contributed by atoms with Crippen molar-refractivity contribution in [3.8, 4) is 0 Å². The molecule has 1 fully saturated rings. The molecule has 1 amide bonds. The molecule has 0 radical (unpaired) electrons. The maximum Gasteiger partial charge on any atom is 0.291 e. The van der Waals surface area contributed by atoms with E-state index in [0.717, 1.165) is 12.8 Å². The lowest BCUT2D eigenvalue weighted by Gasteiger charge is -2.26. The summed E-state index contributed by atoms with van der Waals surface area (Å²) < 4.78 is 1.41. The van der Waals surface area contributed by atoms with E-state index in [0.29, 0.717) is 12.5 Å². The van der Waals surface area contributed by atoms with Gasteiger partial charge in [-0.2, -0.15) is 5.10 Å². The van der Waals surface area contributed by atoms with Crippen LogP contribution in [0.1, 0.15) is 33.1 Å². The molecule has 0 aromatic carbocycles. The van der Waals surface area contributed by atoms with E-state index in [1.165, 1.54) is 17.3 Å². The maximum absolute atomic E-state index is 12.4. The van der Waals surface area contributed by atoms with Gasteiger partial charge in [0.15, 0.2) is 0 Å². The molecule has 6 nitrogen and oxygen atoms in total. The average molecular weight is 313 g/mol. The van der Waals surface area contributed by atoms with Gasteiger partial charge in [0.25, 0.3) is 5.56 Å². The molecule has 0 aliphatic heterocycles. The summed E-state index contributed by atoms with van der Waals surface area (Å²) in [6, 6.07) is -0.644. The third-order valence-electron chi connectivity index (χ3n) is 3.93. The third kappa shape index (κ3) is 3.56. The molecule has 0 bridgehead atoms. The normalized spacial score (nSPS) is 16.6. The Labute approximate surface area is 128 Å². The highest BCUT2D eigenvalue weighted by molar-refractivity contribution is 6.33. The number of aromatic nitrogens is 2. The SMILES string of the molecule is CC(C)C(Nc1c(Cl)cnn(CC2CCC2)c1=O)C(N)=O. The van der Waals surface area contributed by atoms with Crippen molar-refractivity contribution in [3.63, 3.8) is 0 Å². The van der Waals surface area contributed by atoms with Crippen LogP contribution in [0.3, 0.4) is 0 Å². The van der Waals surface area contributed by atoms with Gasteiger partial charge in [0.1, 0.15) is 11.7 Å². The van der Waals surface area contributed by atoms with E-state index in [4.69, 9.17) is 17.3 Å². The van der Waals surface area contributed by atoms with Crippen LogP contribution in [-0.2, 0) is 11.3 Å². The van der Waals surface area contributed by atoms with Crippen molar-refractivity contribution in [1.82, 2.24) is 9.78 Å². The van der Waals surface area contributed by atoms with Gasteiger partial charge in [-0.1, -0.05) is 31.9 Å². The molecule has 1 unspecified atom stereocenters. The van der Waals surface area contributed by atoms with Crippen LogP contribution in [-0.4, -0.2) is 21.7 Å². The monoisotopic (exact) mass is 312 g/mol. The predicted octanol–water partition coefficient (Wildman–Crippen LogP) is 1.62. The Morgan fingerprint density at radius 2 is 2.24 bits per heavy atom. The van der Waals surface area contributed by atoms with Crippen LogP contribution in [0.25, 0.3) is 0 Å². The zero-order valence-electron chi connectivity index (χ0n) is 12.3. The molecule has 1 aliphatic rings. The van der Waals surface area contributed by atoms with E-state index in [9.17, 15) is 9.59 Å². The van der Waals surface area contributed by atoms with Crippen molar-refractivity contribution < 1.29 is 4.79 Å². The van der Waals surface area contributed by atoms with Crippen molar-refractivity contribution in [2.24, 2.45) is 17.6 Å². The number of halogens is 1. The van der Waals surface area contributed by atoms with E-state index in [1.807, 2.05) is 13.8 Å². The molecule has 3 N–H and O–H groups in total. The molecule has 7 heteroatoms. The van der Waals surface area contributed by atoms with Gasteiger partial charge in [0.2, 0.25) is 5.91 Å². The maximum atomic E-state index is 12.4. The molecule has 1 saturated carbocycles. The molecule has 21 heavy (non-hydrogen) atoms. The molecule has 1 atom stereocenters. The molecule has 0 saturated heterocycles. The minimum Gasteiger partial charge on any atom is -0.368 e. The number of amides is 1. The van der Waals surface area contributed by atoms with Gasteiger partial charge in [-0.25, -0.2) is 4.68 Å². The summed E-state index contributed by atoms with van der Waals surface area (Å²) in [6.45, 7) is 4.29. The molecule has 2 rings (SSSR count). The van der Waals surface area contributed by atoms with Crippen LogP contribution in [0.4, 0.5) is 5.69 Å². The van der Waals surface area contributed by atoms with Gasteiger partial charge < -0.3 is 11.1 Å². The number of carbonyl (C=O) groups excluding carboxylic acids is 1. The second-order valence-electron chi connectivity index (χ2n) is 5.92. The van der Waals surface area contributed by atoms with Gasteiger partial charge in [-0.3, -0.25) is 9.59 Å². The Kier molecular flexibility index (Phi) is 4.88. The first-order valence-corrected chi connectivity index (χ1v) is 7.59. The zero-order valence-corrected chi connectivity index (χ0v) is 13.1. The summed E-state index contributed by atoms with van der Waals surface area (Å²) in [4.78, 5) is 23.9. The van der Waals surface area contributed by atoms with Gasteiger partial charge >= 0.3 is 0 Å². The number of rotatable bonds is 6. The number of carbonyl (C=O) groups is 1. The first-order valence-electron chi connectivity index (χ1n) is 7.21. The van der Waals surface area contributed by atoms with Gasteiger partial charge in [0.05, 0.1) is 11.2 Å². The molecular weight excluding hydrogens is 292 g/mol. The predicted molar refractivity (Wildman–Crippen MR) is 82.3 cm³/mol. The van der Waals surface area contributed by atoms with Crippen LogP contribution in [0.5, 0.6) is 0 Å². The number of hydrogen-bond acceptors (Lipinski definition) is 4. The summed E-state index contributed by atoms with van der Waals surface area (Å²) in [6.07, 6.45) is 4.88. The lowest BCUT2D eigenvalue weighted by atomic mass is 9.85. The molecule has 1 aliphatic carbocycles. The second-order valence-corrected chi connectivity index (χ2v) is 6.33. The van der Waals surface area contributed by atoms with Crippen molar-refractivity contribution in [2.45, 2.75) is 45.7 Å². The smallest absolute Gasteiger partial charge is 0.291 e. The van der Waals surface area contributed by atoms with Crippen LogP contribution in [0.15, 0.2) is 11.0 Å². The topological polar surface area (TPSA) is 90.0 Å². The Bertz CT molecular complexity index is 581. The molecule has 0 spiro atoms. The third-order valence-corrected chi connectivity index (χ3v) is 4.21. The fraction of sp³-hybridized carbons (Fsp3) is 0.643. The van der Waals surface area contributed by atoms with Crippen molar-refractivity contribution in [2.75, 3.05) is 5.32 Å². The number of nitrogens with two attached hydrogens (primary N) is 1. The van der Waals surface area contributed by atoms with E-state index in [1.54, 1.807) is 0 Å². The average Bonchev–Trinajstić information content (AvgIpc) is 2.34. The number of nitrogens with one attached hydrogen (secondary N) is 1. The number of anilines is 1. The highest BCUT2D eigenvalue weighted by atomic mass is 35.5. The van der Waals surface area contributed by atoms with E-state index >= 15 is 0 Å². The Morgan fingerprint density at radius 1 is 1.57 bits per heavy atom. The number of primary amides is 1. The fourth-order valence-electron chi connectivity index (χ4n) is 2.37. The quantitative estimate of drug-likeness (QED) is 0.835. The minimum absolute atomic E-state index is 0.0498. The summed E-state index contributed by atoms with van der Waals surface area (Å²) in [5.74, 6) is -0.0599. The molecule has 116 valence electrons. The standard InChI is InChI=1S/C14H21ClN4O2/c1-8(2)11(13(16)20)18-12-10(15)6-17-19(14(12)21)7-9-4-3-5-9/h6,8-9,11,18H,3-5,7H2,1-2H3,(H2,16,20). The van der Waals surface area contributed by atoms with Crippen molar-refractivity contribution in [1.29, 1.82) is 0 Å². The molecule has 1 heterocycles. The Balaban J connectivity index is 2.26. The summed E-state index contributed by atoms with van der Waals surface area (Å²) >= 11 is 6.05. The number of nitrogens with zero attached hydrogens (tertiary/aromatic N) is 2. The van der Waals surface area contributed by atoms with Crippen molar-refractivity contribution >= 4 is 23.2 Å². The molecular formula is C14H21ClN4O2. The molecule has 1 aromatic heterocycles. The summed E-state index contributed by atoms with van der Waals surface area (Å²) in [7, 11) is 0. The zero-order chi connectivity index (χ0) is 15.6. The van der Waals surface area contributed by atoms with Gasteiger partial charge in [-0.05, 0) is 24.7 Å². The van der Waals surface area contributed by atoms with E-state index in [-0.39, 0.29) is 22.2 Å². The largest absolute Gasteiger partial charge is 0.368 e. The van der Waals surface area contributed by atoms with Crippen LogP contribution >= 0.6 is 11.6 Å². The Morgan fingerprint density at radius 3 is 2.71 bits per heavy atom. The van der Waals surface area contributed by atoms with E-state index < -0.39 is 11.9 Å². The number of hydrogen-bond donors (Lipinski definition) is 2. The summed E-state index contributed by atoms with van der Waals surface area (Å²) in [5.41, 5.74) is 5.26. The van der Waals surface area contributed by atoms with Crippen molar-refractivity contribution in [3.05, 3.63) is 21.6 Å². The lowest BCUT2D eigenvalue weighted by molar-refractivity contribution is -0.119. The highest BCUT2D eigenvalue weighted by Gasteiger charge is 2.24. The van der Waals surface area contributed by atoms with Gasteiger partial charge in [-0.15, -0.1) is 0 Å². The van der Waals surface area contributed by atoms with Crippen LogP contribution in [0.2, 0.25) is 5.02 Å². The second kappa shape index (κ2) is 6.47. The lowest BCUT2D eigenvalue weighted by Crippen LogP contribution is -2.42. The molecule has 1 aromatic rings. The minimum atomic E-state index is -0.644. The highest BCUT2D eigenvalue weighted by Crippen LogP contribution is 2.27. The first kappa shape index (κ1) is 15.8. The fourth-order valence-corrected chi connectivity index (χ4v) is 2.55. The van der Waals surface area contributed by atoms with E-state index in [2.05, 4.69) is 10.4 Å². The summed E-state index contributed by atoms with van der Waals surface area (Å²) in [5, 5.41) is 7.16. The van der Waals surface area contributed by atoms with Gasteiger partial charge in [0, 0.05) is 6.54 Å². The Hall–Kier alpha value is -1.56. The van der Waals surface area contributed by atoms with Crippen LogP contribution in [0, 0.1) is 11.8 Å². The first-order chi connectivity index (χ1) is 9.90. The van der Waals surface area contributed by atoms with Crippen LogP contribution < -0.4 is 16.6 Å².